The molecule has 1 aromatic carbocycles. The molecule has 2 aromatic heterocycles. The van der Waals surface area contributed by atoms with E-state index in [0.29, 0.717) is 32.0 Å². The first-order valence-corrected chi connectivity index (χ1v) is 9.99. The number of benzene rings is 1. The Morgan fingerprint density at radius 2 is 2.04 bits per heavy atom. The number of amides is 1. The van der Waals surface area contributed by atoms with E-state index >= 15 is 0 Å². The summed E-state index contributed by atoms with van der Waals surface area (Å²) in [6, 6.07) is 9.92. The van der Waals surface area contributed by atoms with Crippen molar-refractivity contribution in [3.05, 3.63) is 63.7 Å². The molecule has 5 rings (SSSR count). The zero-order chi connectivity index (χ0) is 19.3. The smallest absolute Gasteiger partial charge is 0.267 e. The highest BCUT2D eigenvalue weighted by molar-refractivity contribution is 5.89. The van der Waals surface area contributed by atoms with Gasteiger partial charge in [-0.05, 0) is 36.5 Å². The van der Waals surface area contributed by atoms with Crippen LogP contribution in [0.2, 0.25) is 0 Å². The number of fused-ring (bicyclic) bond motifs is 2. The molecular weight excluding hydrogens is 352 g/mol. The molecule has 6 heteroatoms. The van der Waals surface area contributed by atoms with Gasteiger partial charge in [0.05, 0.1) is 18.7 Å². The van der Waals surface area contributed by atoms with Crippen molar-refractivity contribution in [3.8, 4) is 0 Å². The van der Waals surface area contributed by atoms with E-state index in [4.69, 9.17) is 0 Å². The quantitative estimate of drug-likeness (QED) is 0.699. The second-order valence-electron chi connectivity index (χ2n) is 8.11. The van der Waals surface area contributed by atoms with Gasteiger partial charge < -0.3 is 9.47 Å². The maximum atomic E-state index is 12.7. The molecule has 1 aliphatic carbocycles. The van der Waals surface area contributed by atoms with E-state index in [9.17, 15) is 9.59 Å². The molecule has 0 spiro atoms. The van der Waals surface area contributed by atoms with Crippen LogP contribution >= 0.6 is 0 Å². The van der Waals surface area contributed by atoms with E-state index < -0.39 is 0 Å². The zero-order valence-corrected chi connectivity index (χ0v) is 16.1. The number of nitrogens with zero attached hydrogens (tertiary/aromatic N) is 4. The van der Waals surface area contributed by atoms with Gasteiger partial charge in [-0.15, -0.1) is 0 Å². The monoisotopic (exact) mass is 376 g/mol. The molecule has 0 radical (unpaired) electrons. The summed E-state index contributed by atoms with van der Waals surface area (Å²) in [6.45, 7) is 2.01. The van der Waals surface area contributed by atoms with Gasteiger partial charge in [-0.1, -0.05) is 18.2 Å². The van der Waals surface area contributed by atoms with Crippen molar-refractivity contribution in [1.82, 2.24) is 19.2 Å². The van der Waals surface area contributed by atoms with Gasteiger partial charge in [-0.3, -0.25) is 9.59 Å². The van der Waals surface area contributed by atoms with Crippen molar-refractivity contribution in [2.24, 2.45) is 13.0 Å². The fourth-order valence-corrected chi connectivity index (χ4v) is 4.54. The largest absolute Gasteiger partial charge is 0.350 e. The van der Waals surface area contributed by atoms with Gasteiger partial charge in [0.2, 0.25) is 5.91 Å². The van der Waals surface area contributed by atoms with Crippen LogP contribution in [-0.4, -0.2) is 38.2 Å². The third-order valence-corrected chi connectivity index (χ3v) is 6.09. The Labute approximate surface area is 163 Å². The average molecular weight is 376 g/mol. The first-order chi connectivity index (χ1) is 13.6. The maximum absolute atomic E-state index is 12.7. The number of para-hydroxylation sites is 1. The summed E-state index contributed by atoms with van der Waals surface area (Å²) in [5, 5.41) is 5.69. The first kappa shape index (κ1) is 17.2. The lowest BCUT2D eigenvalue weighted by Gasteiger charge is -2.39. The molecule has 3 heterocycles. The van der Waals surface area contributed by atoms with Crippen LogP contribution in [0.3, 0.4) is 0 Å². The lowest BCUT2D eigenvalue weighted by atomic mass is 9.98. The summed E-state index contributed by atoms with van der Waals surface area (Å²) >= 11 is 0. The summed E-state index contributed by atoms with van der Waals surface area (Å²) < 4.78 is 3.67. The lowest BCUT2D eigenvalue weighted by molar-refractivity contribution is -0.137. The maximum Gasteiger partial charge on any atom is 0.267 e. The van der Waals surface area contributed by atoms with Gasteiger partial charge in [0.15, 0.2) is 0 Å². The Bertz CT molecular complexity index is 1120. The minimum Gasteiger partial charge on any atom is -0.350 e. The SMILES string of the molecule is Cn1cc(CC(=O)N2CC(Cn3nc4c(cc3=O)CCC4)C2)c2ccccc21. The molecule has 0 bridgehead atoms. The van der Waals surface area contributed by atoms with Gasteiger partial charge in [0, 0.05) is 49.2 Å². The molecule has 1 fully saturated rings. The molecule has 0 N–H and O–H groups in total. The van der Waals surface area contributed by atoms with Crippen LogP contribution in [0.1, 0.15) is 23.2 Å². The van der Waals surface area contributed by atoms with Crippen LogP contribution in [0.5, 0.6) is 0 Å². The Kier molecular flexibility index (Phi) is 4.07. The fourth-order valence-electron chi connectivity index (χ4n) is 4.54. The molecule has 3 aromatic rings. The number of aryl methyl sites for hydroxylation is 3. The Morgan fingerprint density at radius 3 is 2.89 bits per heavy atom. The van der Waals surface area contributed by atoms with Crippen LogP contribution in [0, 0.1) is 5.92 Å². The minimum atomic E-state index is -0.0128. The van der Waals surface area contributed by atoms with E-state index in [-0.39, 0.29) is 11.5 Å². The van der Waals surface area contributed by atoms with Crippen LogP contribution < -0.4 is 5.56 Å². The Morgan fingerprint density at radius 1 is 1.21 bits per heavy atom. The third-order valence-electron chi connectivity index (χ3n) is 6.09. The molecule has 2 aliphatic rings. The van der Waals surface area contributed by atoms with E-state index in [0.717, 1.165) is 47.0 Å². The van der Waals surface area contributed by atoms with E-state index in [1.54, 1.807) is 10.7 Å². The molecule has 1 aliphatic heterocycles. The molecule has 0 unspecified atom stereocenters. The van der Waals surface area contributed by atoms with Crippen molar-refractivity contribution in [2.45, 2.75) is 32.2 Å². The number of carbonyl (C=O) groups excluding carboxylic acids is 1. The van der Waals surface area contributed by atoms with Crippen molar-refractivity contribution in [3.63, 3.8) is 0 Å². The number of aromatic nitrogens is 3. The number of carbonyl (C=O) groups is 1. The lowest BCUT2D eigenvalue weighted by Crippen LogP contribution is -2.52. The third kappa shape index (κ3) is 2.93. The molecule has 6 nitrogen and oxygen atoms in total. The van der Waals surface area contributed by atoms with Gasteiger partial charge in [0.1, 0.15) is 0 Å². The van der Waals surface area contributed by atoms with Crippen molar-refractivity contribution in [1.29, 1.82) is 0 Å². The topological polar surface area (TPSA) is 60.1 Å². The van der Waals surface area contributed by atoms with Gasteiger partial charge in [-0.2, -0.15) is 5.10 Å². The highest BCUT2D eigenvalue weighted by Crippen LogP contribution is 2.24. The summed E-state index contributed by atoms with van der Waals surface area (Å²) in [5.41, 5.74) is 4.39. The van der Waals surface area contributed by atoms with Crippen LogP contribution in [-0.2, 0) is 37.6 Å². The predicted octanol–water partition coefficient (Wildman–Crippen LogP) is 1.92. The first-order valence-electron chi connectivity index (χ1n) is 9.99. The van der Waals surface area contributed by atoms with Crippen molar-refractivity contribution >= 4 is 16.8 Å². The van der Waals surface area contributed by atoms with Crippen molar-refractivity contribution in [2.75, 3.05) is 13.1 Å². The zero-order valence-electron chi connectivity index (χ0n) is 16.1. The molecule has 0 saturated carbocycles. The standard InChI is InChI=1S/C22H24N4O2/c1-24-14-17(18-6-2-3-8-20(18)24)10-21(27)25-11-15(12-25)13-26-22(28)9-16-5-4-7-19(16)23-26/h2-3,6,8-9,14-15H,4-5,7,10-13H2,1H3. The highest BCUT2D eigenvalue weighted by Gasteiger charge is 2.31. The van der Waals surface area contributed by atoms with E-state index in [2.05, 4.69) is 21.8 Å². The highest BCUT2D eigenvalue weighted by atomic mass is 16.2. The fraction of sp³-hybridized carbons (Fsp3) is 0.409. The normalized spacial score (nSPS) is 16.4. The van der Waals surface area contributed by atoms with Crippen molar-refractivity contribution < 1.29 is 4.79 Å². The minimum absolute atomic E-state index is 0.0128. The second-order valence-corrected chi connectivity index (χ2v) is 8.11. The molecule has 1 saturated heterocycles. The Balaban J connectivity index is 1.22. The summed E-state index contributed by atoms with van der Waals surface area (Å²) in [5.74, 6) is 0.461. The van der Waals surface area contributed by atoms with Gasteiger partial charge in [0.25, 0.3) is 5.56 Å². The van der Waals surface area contributed by atoms with Crippen LogP contribution in [0.15, 0.2) is 41.3 Å². The average Bonchev–Trinajstić information content (AvgIpc) is 3.22. The van der Waals surface area contributed by atoms with E-state index in [1.165, 1.54) is 0 Å². The number of hydrogen-bond donors (Lipinski definition) is 0. The predicted molar refractivity (Wildman–Crippen MR) is 107 cm³/mol. The second kappa shape index (κ2) is 6.62. The van der Waals surface area contributed by atoms with Gasteiger partial charge in [-0.25, -0.2) is 4.68 Å². The van der Waals surface area contributed by atoms with Crippen LogP contribution in [0.4, 0.5) is 0 Å². The molecule has 0 atom stereocenters. The Hall–Kier alpha value is -2.89. The number of rotatable bonds is 4. The van der Waals surface area contributed by atoms with Crippen LogP contribution in [0.25, 0.3) is 10.9 Å². The summed E-state index contributed by atoms with van der Waals surface area (Å²) in [6.07, 6.45) is 5.50. The molecular formula is C22H24N4O2. The summed E-state index contributed by atoms with van der Waals surface area (Å²) in [7, 11) is 2.01. The van der Waals surface area contributed by atoms with Gasteiger partial charge >= 0.3 is 0 Å². The molecule has 1 amide bonds. The number of hydrogen-bond acceptors (Lipinski definition) is 3. The summed E-state index contributed by atoms with van der Waals surface area (Å²) in [4.78, 5) is 26.8. The number of likely N-dealkylation sites (tertiary alicyclic amines) is 1. The molecule has 28 heavy (non-hydrogen) atoms. The molecule has 144 valence electrons. The van der Waals surface area contributed by atoms with E-state index in [1.807, 2.05) is 30.3 Å².